The van der Waals surface area contributed by atoms with Gasteiger partial charge >= 0.3 is 30.1 Å². The predicted octanol–water partition coefficient (Wildman–Crippen LogP) is 3.80. The highest BCUT2D eigenvalue weighted by atomic mass is 32.2. The molecule has 2 atom stereocenters. The molecule has 184 valence electrons. The van der Waals surface area contributed by atoms with Crippen LogP contribution in [0.15, 0.2) is 23.2 Å². The van der Waals surface area contributed by atoms with Gasteiger partial charge in [0.1, 0.15) is 12.4 Å². The van der Waals surface area contributed by atoms with Crippen LogP contribution in [0.4, 0.5) is 37.0 Å². The van der Waals surface area contributed by atoms with E-state index in [2.05, 4.69) is 19.5 Å². The molecule has 1 aliphatic rings. The molecule has 1 aromatic heterocycles. The summed E-state index contributed by atoms with van der Waals surface area (Å²) in [5, 5.41) is 1.07. The van der Waals surface area contributed by atoms with Crippen LogP contribution in [0.3, 0.4) is 0 Å². The molecular formula is C18H20F6N4O4S. The van der Waals surface area contributed by atoms with Gasteiger partial charge < -0.3 is 9.47 Å². The maximum atomic E-state index is 14.0. The van der Waals surface area contributed by atoms with Crippen molar-refractivity contribution in [3.05, 3.63) is 23.9 Å². The summed E-state index contributed by atoms with van der Waals surface area (Å²) >= 11 is 1.03. The third-order valence-corrected chi connectivity index (χ3v) is 5.06. The lowest BCUT2D eigenvalue weighted by molar-refractivity contribution is -0.305. The van der Waals surface area contributed by atoms with Crippen molar-refractivity contribution in [2.75, 3.05) is 24.7 Å². The number of urea groups is 1. The number of nitrogens with one attached hydrogen (secondary N) is 1. The first-order chi connectivity index (χ1) is 15.2. The zero-order valence-electron chi connectivity index (χ0n) is 17.6. The van der Waals surface area contributed by atoms with Crippen molar-refractivity contribution in [2.24, 2.45) is 4.99 Å². The van der Waals surface area contributed by atoms with Gasteiger partial charge in [-0.25, -0.2) is 19.5 Å². The van der Waals surface area contributed by atoms with Gasteiger partial charge in [0.05, 0.1) is 13.2 Å². The van der Waals surface area contributed by atoms with E-state index in [1.54, 1.807) is 19.9 Å². The maximum Gasteiger partial charge on any atom is 0.448 e. The smallest absolute Gasteiger partial charge is 0.448 e. The zero-order valence-corrected chi connectivity index (χ0v) is 18.4. The lowest BCUT2D eigenvalue weighted by Gasteiger charge is -2.35. The summed E-state index contributed by atoms with van der Waals surface area (Å²) in [5.74, 6) is -2.43. The number of alkyl halides is 6. The summed E-state index contributed by atoms with van der Waals surface area (Å²) in [6.07, 6.45) is -11.1. The number of aryl methyl sites for hydroxylation is 1. The van der Waals surface area contributed by atoms with Crippen LogP contribution in [0.1, 0.15) is 19.5 Å². The highest BCUT2D eigenvalue weighted by Gasteiger charge is 2.66. The van der Waals surface area contributed by atoms with E-state index in [9.17, 15) is 35.9 Å². The van der Waals surface area contributed by atoms with Gasteiger partial charge in [-0.1, -0.05) is 24.8 Å². The summed E-state index contributed by atoms with van der Waals surface area (Å²) in [6, 6.07) is 2.66. The molecule has 1 N–H and O–H groups in total. The minimum atomic E-state index is -5.82. The van der Waals surface area contributed by atoms with E-state index in [0.717, 1.165) is 18.7 Å². The molecule has 1 aliphatic heterocycles. The number of amidine groups is 1. The molecule has 0 aromatic carbocycles. The fourth-order valence-electron chi connectivity index (χ4n) is 2.57. The van der Waals surface area contributed by atoms with E-state index < -0.39 is 43.3 Å². The van der Waals surface area contributed by atoms with Crippen molar-refractivity contribution in [1.82, 2.24) is 10.3 Å². The standard InChI is InChI=1S/C18H20F6N4O4S/c1-4-31-13(29)17(18(22,23)24,32-9-16(19,20)21)27-14(30)28(15-25-8-11(3)33-15)12-7-5-6-10(2)26-12/h5-7,11H,4,8-9H2,1-3H3,(H,27,30)/t11-,17+/m0/s1. The van der Waals surface area contributed by atoms with Gasteiger partial charge in [-0.05, 0) is 26.0 Å². The highest BCUT2D eigenvalue weighted by molar-refractivity contribution is 8.15. The van der Waals surface area contributed by atoms with Gasteiger partial charge in [0.25, 0.3) is 0 Å². The number of anilines is 1. The zero-order chi connectivity index (χ0) is 25.0. The average Bonchev–Trinajstić information content (AvgIpc) is 3.09. The quantitative estimate of drug-likeness (QED) is 0.362. The lowest BCUT2D eigenvalue weighted by atomic mass is 10.2. The molecule has 2 rings (SSSR count). The molecule has 0 bridgehead atoms. The molecule has 2 heterocycles. The van der Waals surface area contributed by atoms with E-state index in [1.165, 1.54) is 17.4 Å². The minimum Gasteiger partial charge on any atom is -0.462 e. The maximum absolute atomic E-state index is 14.0. The number of esters is 1. The molecule has 2 amide bonds. The van der Waals surface area contributed by atoms with E-state index in [4.69, 9.17) is 0 Å². The number of aliphatic imine (C=N–C) groups is 1. The number of amides is 2. The Morgan fingerprint density at radius 1 is 1.24 bits per heavy atom. The molecule has 1 aromatic rings. The third kappa shape index (κ3) is 6.50. The summed E-state index contributed by atoms with van der Waals surface area (Å²) in [5.41, 5.74) is -4.05. The lowest BCUT2D eigenvalue weighted by Crippen LogP contribution is -2.68. The number of halogens is 6. The Labute approximate surface area is 188 Å². The summed E-state index contributed by atoms with van der Waals surface area (Å²) < 4.78 is 88.4. The molecule has 0 saturated heterocycles. The molecule has 33 heavy (non-hydrogen) atoms. The number of carbonyl (C=O) groups is 2. The fourth-order valence-corrected chi connectivity index (χ4v) is 3.51. The van der Waals surface area contributed by atoms with Crippen LogP contribution in [0.5, 0.6) is 0 Å². The third-order valence-electron chi connectivity index (χ3n) is 3.98. The molecule has 8 nitrogen and oxygen atoms in total. The first-order valence-electron chi connectivity index (χ1n) is 9.42. The van der Waals surface area contributed by atoms with Gasteiger partial charge in [0.15, 0.2) is 5.17 Å². The second-order valence-corrected chi connectivity index (χ2v) is 8.16. The van der Waals surface area contributed by atoms with Gasteiger partial charge in [0, 0.05) is 10.9 Å². The number of hydrogen-bond acceptors (Lipinski definition) is 7. The Bertz CT molecular complexity index is 911. The SMILES string of the molecule is CCOC(=O)[C@@](NC(=O)N(C1=NC[C@H](C)S1)c1cccc(C)n1)(OCC(F)(F)F)C(F)(F)F. The number of ether oxygens (including phenoxy) is 2. The van der Waals surface area contributed by atoms with Crippen LogP contribution in [-0.4, -0.2) is 65.2 Å². The fraction of sp³-hybridized carbons (Fsp3) is 0.556. The van der Waals surface area contributed by atoms with Crippen molar-refractivity contribution in [2.45, 2.75) is 44.1 Å². The number of aromatic nitrogens is 1. The van der Waals surface area contributed by atoms with Crippen LogP contribution < -0.4 is 10.2 Å². The normalized spacial score (nSPS) is 18.3. The second-order valence-electron chi connectivity index (χ2n) is 6.76. The number of nitrogens with zero attached hydrogens (tertiary/aromatic N) is 3. The first kappa shape index (κ1) is 26.7. The summed E-state index contributed by atoms with van der Waals surface area (Å²) in [4.78, 5) is 34.1. The van der Waals surface area contributed by atoms with Crippen LogP contribution in [0.25, 0.3) is 0 Å². The Morgan fingerprint density at radius 3 is 2.39 bits per heavy atom. The number of carbonyl (C=O) groups excluding carboxylic acids is 2. The van der Waals surface area contributed by atoms with Crippen molar-refractivity contribution in [3.8, 4) is 0 Å². The van der Waals surface area contributed by atoms with Crippen molar-refractivity contribution in [1.29, 1.82) is 0 Å². The molecule has 0 aliphatic carbocycles. The molecule has 0 spiro atoms. The first-order valence-corrected chi connectivity index (χ1v) is 10.3. The monoisotopic (exact) mass is 502 g/mol. The van der Waals surface area contributed by atoms with E-state index in [1.807, 2.05) is 0 Å². The Hall–Kier alpha value is -2.55. The second kappa shape index (κ2) is 10.2. The highest BCUT2D eigenvalue weighted by Crippen LogP contribution is 2.36. The van der Waals surface area contributed by atoms with Crippen LogP contribution in [0.2, 0.25) is 0 Å². The number of thioether (sulfide) groups is 1. The van der Waals surface area contributed by atoms with Gasteiger partial charge in [-0.15, -0.1) is 0 Å². The number of hydrogen-bond donors (Lipinski definition) is 1. The molecule has 0 saturated carbocycles. The predicted molar refractivity (Wildman–Crippen MR) is 107 cm³/mol. The van der Waals surface area contributed by atoms with Crippen LogP contribution in [-0.2, 0) is 14.3 Å². The van der Waals surface area contributed by atoms with Crippen molar-refractivity contribution in [3.63, 3.8) is 0 Å². The number of rotatable bonds is 6. The summed E-state index contributed by atoms with van der Waals surface area (Å²) in [6.45, 7) is 1.55. The Morgan fingerprint density at radius 2 is 1.91 bits per heavy atom. The largest absolute Gasteiger partial charge is 0.462 e. The van der Waals surface area contributed by atoms with Gasteiger partial charge in [-0.2, -0.15) is 26.3 Å². The molecule has 0 fully saturated rings. The Kier molecular flexibility index (Phi) is 8.22. The molecule has 15 heteroatoms. The van der Waals surface area contributed by atoms with Crippen molar-refractivity contribution < 1.29 is 45.4 Å². The van der Waals surface area contributed by atoms with Crippen LogP contribution in [0, 0.1) is 6.92 Å². The van der Waals surface area contributed by atoms with Crippen LogP contribution >= 0.6 is 11.8 Å². The summed E-state index contributed by atoms with van der Waals surface area (Å²) in [7, 11) is 0. The average molecular weight is 502 g/mol. The molecular weight excluding hydrogens is 482 g/mol. The number of pyridine rings is 1. The van der Waals surface area contributed by atoms with Gasteiger partial charge in [-0.3, -0.25) is 10.3 Å². The van der Waals surface area contributed by atoms with Gasteiger partial charge in [0.2, 0.25) is 0 Å². The molecule has 0 unspecified atom stereocenters. The van der Waals surface area contributed by atoms with E-state index in [-0.39, 0.29) is 22.8 Å². The minimum absolute atomic E-state index is 0.0612. The van der Waals surface area contributed by atoms with E-state index >= 15 is 0 Å². The van der Waals surface area contributed by atoms with Crippen molar-refractivity contribution >= 4 is 34.7 Å². The topological polar surface area (TPSA) is 93.1 Å². The Balaban J connectivity index is 2.54. The molecule has 0 radical (unpaired) electrons. The van der Waals surface area contributed by atoms with E-state index in [0.29, 0.717) is 10.6 Å².